The number of rotatable bonds is 5. The van der Waals surface area contributed by atoms with Crippen LogP contribution < -0.4 is 10.8 Å². The van der Waals surface area contributed by atoms with E-state index >= 15 is 0 Å². The SMILES string of the molecule is O=CONC(=O)c1ccc(Nc2ccccc2)cc1. The number of hydrogen-bond acceptors (Lipinski definition) is 4. The van der Waals surface area contributed by atoms with Gasteiger partial charge in [-0.05, 0) is 36.4 Å². The van der Waals surface area contributed by atoms with Crippen LogP contribution in [0.25, 0.3) is 0 Å². The average Bonchev–Trinajstić information content (AvgIpc) is 2.46. The Kier molecular flexibility index (Phi) is 4.12. The normalized spacial score (nSPS) is 9.47. The quantitative estimate of drug-likeness (QED) is 0.636. The van der Waals surface area contributed by atoms with Gasteiger partial charge in [0.25, 0.3) is 5.91 Å². The van der Waals surface area contributed by atoms with Crippen molar-refractivity contribution in [3.05, 3.63) is 60.2 Å². The molecular weight excluding hydrogens is 244 g/mol. The smallest absolute Gasteiger partial charge is 0.320 e. The maximum Gasteiger partial charge on any atom is 0.320 e. The summed E-state index contributed by atoms with van der Waals surface area (Å²) in [6.45, 7) is 0.156. The third-order valence-electron chi connectivity index (χ3n) is 2.41. The summed E-state index contributed by atoms with van der Waals surface area (Å²) >= 11 is 0. The fourth-order valence-electron chi connectivity index (χ4n) is 1.53. The number of hydrogen-bond donors (Lipinski definition) is 2. The summed E-state index contributed by atoms with van der Waals surface area (Å²) in [5.74, 6) is -0.474. The van der Waals surface area contributed by atoms with E-state index in [4.69, 9.17) is 0 Å². The molecule has 2 rings (SSSR count). The molecule has 2 N–H and O–H groups in total. The maximum absolute atomic E-state index is 11.5. The third kappa shape index (κ3) is 3.57. The first kappa shape index (κ1) is 12.6. The highest BCUT2D eigenvalue weighted by Crippen LogP contribution is 2.16. The Balaban J connectivity index is 2.02. The van der Waals surface area contributed by atoms with Crippen LogP contribution in [-0.2, 0) is 9.63 Å². The minimum atomic E-state index is -0.474. The highest BCUT2D eigenvalue weighted by molar-refractivity contribution is 5.94. The van der Waals surface area contributed by atoms with E-state index in [9.17, 15) is 9.59 Å². The molecular formula is C14H12N2O3. The monoisotopic (exact) mass is 256 g/mol. The molecule has 1 amide bonds. The van der Waals surface area contributed by atoms with Crippen LogP contribution in [0.5, 0.6) is 0 Å². The topological polar surface area (TPSA) is 67.4 Å². The summed E-state index contributed by atoms with van der Waals surface area (Å²) in [5.41, 5.74) is 4.22. The molecule has 0 aliphatic carbocycles. The van der Waals surface area contributed by atoms with E-state index < -0.39 is 5.91 Å². The minimum absolute atomic E-state index is 0.156. The lowest BCUT2D eigenvalue weighted by Crippen LogP contribution is -2.22. The molecule has 0 aliphatic rings. The maximum atomic E-state index is 11.5. The summed E-state index contributed by atoms with van der Waals surface area (Å²) in [6, 6.07) is 16.5. The second kappa shape index (κ2) is 6.20. The predicted octanol–water partition coefficient (Wildman–Crippen LogP) is 2.25. The van der Waals surface area contributed by atoms with Crippen LogP contribution in [-0.4, -0.2) is 12.4 Å². The number of nitrogens with one attached hydrogen (secondary N) is 2. The van der Waals surface area contributed by atoms with Crippen LogP contribution in [0.4, 0.5) is 11.4 Å². The third-order valence-corrected chi connectivity index (χ3v) is 2.41. The number of carbonyl (C=O) groups is 2. The summed E-state index contributed by atoms with van der Waals surface area (Å²) in [5, 5.41) is 3.19. The molecule has 0 saturated carbocycles. The molecule has 5 heteroatoms. The summed E-state index contributed by atoms with van der Waals surface area (Å²) in [6.07, 6.45) is 0. The van der Waals surface area contributed by atoms with Gasteiger partial charge in [0.2, 0.25) is 0 Å². The van der Waals surface area contributed by atoms with Gasteiger partial charge in [-0.2, -0.15) is 5.48 Å². The van der Waals surface area contributed by atoms with Crippen LogP contribution >= 0.6 is 0 Å². The lowest BCUT2D eigenvalue weighted by molar-refractivity contribution is -0.133. The molecule has 0 bridgehead atoms. The van der Waals surface area contributed by atoms with Crippen molar-refractivity contribution in [2.24, 2.45) is 0 Å². The molecule has 0 aliphatic heterocycles. The number of benzene rings is 2. The minimum Gasteiger partial charge on any atom is -0.356 e. The van der Waals surface area contributed by atoms with Crippen molar-refractivity contribution in [2.75, 3.05) is 5.32 Å². The van der Waals surface area contributed by atoms with Gasteiger partial charge >= 0.3 is 6.47 Å². The summed E-state index contributed by atoms with van der Waals surface area (Å²) in [4.78, 5) is 25.6. The molecule has 0 radical (unpaired) electrons. The van der Waals surface area contributed by atoms with Gasteiger partial charge in [0, 0.05) is 16.9 Å². The Labute approximate surface area is 110 Å². The fourth-order valence-corrected chi connectivity index (χ4v) is 1.53. The first-order valence-electron chi connectivity index (χ1n) is 5.61. The molecule has 0 aromatic heterocycles. The van der Waals surface area contributed by atoms with Gasteiger partial charge in [0.1, 0.15) is 0 Å². The van der Waals surface area contributed by atoms with Gasteiger partial charge in [0.15, 0.2) is 0 Å². The van der Waals surface area contributed by atoms with Crippen LogP contribution in [0.1, 0.15) is 10.4 Å². The number of amides is 1. The van der Waals surface area contributed by atoms with Crippen molar-refractivity contribution in [1.82, 2.24) is 5.48 Å². The standard InChI is InChI=1S/C14H12N2O3/c17-10-19-16-14(18)11-6-8-13(9-7-11)15-12-4-2-1-3-5-12/h1-10,15H,(H,16,18). The average molecular weight is 256 g/mol. The molecule has 2 aromatic carbocycles. The molecule has 0 saturated heterocycles. The molecule has 2 aromatic rings. The van der Waals surface area contributed by atoms with E-state index in [-0.39, 0.29) is 6.47 Å². The van der Waals surface area contributed by atoms with E-state index in [0.29, 0.717) is 5.56 Å². The zero-order valence-electron chi connectivity index (χ0n) is 10.00. The van der Waals surface area contributed by atoms with E-state index in [0.717, 1.165) is 11.4 Å². The molecule has 0 atom stereocenters. The molecule has 96 valence electrons. The van der Waals surface area contributed by atoms with Crippen molar-refractivity contribution >= 4 is 23.8 Å². The van der Waals surface area contributed by atoms with Crippen LogP contribution in [0.3, 0.4) is 0 Å². The van der Waals surface area contributed by atoms with Crippen molar-refractivity contribution < 1.29 is 14.4 Å². The highest BCUT2D eigenvalue weighted by atomic mass is 16.7. The van der Waals surface area contributed by atoms with Crippen molar-refractivity contribution in [3.8, 4) is 0 Å². The summed E-state index contributed by atoms with van der Waals surface area (Å²) in [7, 11) is 0. The molecule has 0 heterocycles. The van der Waals surface area contributed by atoms with E-state index in [1.807, 2.05) is 35.8 Å². The zero-order valence-corrected chi connectivity index (χ0v) is 10.00. The Morgan fingerprint density at radius 2 is 1.58 bits per heavy atom. The van der Waals surface area contributed by atoms with Gasteiger partial charge in [-0.3, -0.25) is 9.59 Å². The second-order valence-corrected chi connectivity index (χ2v) is 3.71. The Hall–Kier alpha value is -2.82. The van der Waals surface area contributed by atoms with Gasteiger partial charge in [-0.1, -0.05) is 18.2 Å². The molecule has 0 spiro atoms. The zero-order chi connectivity index (χ0) is 13.5. The Morgan fingerprint density at radius 3 is 2.21 bits per heavy atom. The number of hydroxylamine groups is 1. The Bertz CT molecular complexity index is 553. The molecule has 5 nitrogen and oxygen atoms in total. The lowest BCUT2D eigenvalue weighted by atomic mass is 10.2. The molecule has 19 heavy (non-hydrogen) atoms. The number of para-hydroxylation sites is 1. The fraction of sp³-hybridized carbons (Fsp3) is 0. The predicted molar refractivity (Wildman–Crippen MR) is 70.8 cm³/mol. The number of carbonyl (C=O) groups excluding carboxylic acids is 2. The van der Waals surface area contributed by atoms with Crippen molar-refractivity contribution in [1.29, 1.82) is 0 Å². The molecule has 0 unspecified atom stereocenters. The largest absolute Gasteiger partial charge is 0.356 e. The van der Waals surface area contributed by atoms with Gasteiger partial charge in [-0.25, -0.2) is 0 Å². The van der Waals surface area contributed by atoms with Crippen LogP contribution in [0, 0.1) is 0 Å². The molecule has 0 fully saturated rings. The van der Waals surface area contributed by atoms with Gasteiger partial charge < -0.3 is 10.2 Å². The van der Waals surface area contributed by atoms with Gasteiger partial charge in [-0.15, -0.1) is 0 Å². The van der Waals surface area contributed by atoms with E-state index in [1.54, 1.807) is 24.3 Å². The number of anilines is 2. The highest BCUT2D eigenvalue weighted by Gasteiger charge is 2.04. The van der Waals surface area contributed by atoms with Crippen molar-refractivity contribution in [3.63, 3.8) is 0 Å². The Morgan fingerprint density at radius 1 is 0.947 bits per heavy atom. The van der Waals surface area contributed by atoms with Crippen LogP contribution in [0.2, 0.25) is 0 Å². The van der Waals surface area contributed by atoms with E-state index in [2.05, 4.69) is 10.2 Å². The second-order valence-electron chi connectivity index (χ2n) is 3.71. The first-order valence-corrected chi connectivity index (χ1v) is 5.61. The van der Waals surface area contributed by atoms with Crippen molar-refractivity contribution in [2.45, 2.75) is 0 Å². The van der Waals surface area contributed by atoms with Gasteiger partial charge in [0.05, 0.1) is 0 Å². The van der Waals surface area contributed by atoms with E-state index in [1.165, 1.54) is 0 Å². The van der Waals surface area contributed by atoms with Crippen LogP contribution in [0.15, 0.2) is 54.6 Å². The summed E-state index contributed by atoms with van der Waals surface area (Å²) < 4.78 is 0. The lowest BCUT2D eigenvalue weighted by Gasteiger charge is -2.07. The first-order chi connectivity index (χ1) is 9.29.